The minimum absolute atomic E-state index is 0.0718. The molecule has 8 heteroatoms. The summed E-state index contributed by atoms with van der Waals surface area (Å²) in [6.07, 6.45) is 2.30. The summed E-state index contributed by atoms with van der Waals surface area (Å²) in [5, 5.41) is -0.304. The number of carbonyl (C=O) groups excluding carboxylic acids is 1. The van der Waals surface area contributed by atoms with Gasteiger partial charge >= 0.3 is 0 Å². The molecule has 1 fully saturated rings. The molecule has 0 radical (unpaired) electrons. The number of nitrogens with one attached hydrogen (secondary N) is 1. The van der Waals surface area contributed by atoms with Crippen LogP contribution >= 0.6 is 0 Å². The van der Waals surface area contributed by atoms with Crippen LogP contribution in [0.3, 0.4) is 0 Å². The van der Waals surface area contributed by atoms with Crippen molar-refractivity contribution in [1.29, 1.82) is 0 Å². The maximum Gasteiger partial charge on any atom is 0.224 e. The summed E-state index contributed by atoms with van der Waals surface area (Å²) in [5.41, 5.74) is 8.85. The van der Waals surface area contributed by atoms with Crippen molar-refractivity contribution < 1.29 is 17.6 Å². The maximum atomic E-state index is 13.9. The normalized spacial score (nSPS) is 19.7. The number of hydrogen-bond acceptors (Lipinski definition) is 4. The number of nitrogens with two attached hydrogens (primary N) is 1. The average Bonchev–Trinajstić information content (AvgIpc) is 3.59. The van der Waals surface area contributed by atoms with Crippen molar-refractivity contribution in [2.24, 2.45) is 5.73 Å². The highest BCUT2D eigenvalue weighted by Crippen LogP contribution is 2.28. The van der Waals surface area contributed by atoms with Gasteiger partial charge in [-0.25, -0.2) is 17.5 Å². The molecule has 1 saturated carbocycles. The molecule has 2 aromatic carbocycles. The fraction of sp³-hybridized carbons (Fsp3) is 0.435. The van der Waals surface area contributed by atoms with Gasteiger partial charge in [0.05, 0.1) is 5.25 Å². The lowest BCUT2D eigenvalue weighted by Crippen LogP contribution is -2.51. The van der Waals surface area contributed by atoms with Crippen LogP contribution in [0.25, 0.3) is 0 Å². The van der Waals surface area contributed by atoms with Gasteiger partial charge in [0.15, 0.2) is 0 Å². The number of nitrogens with zero attached hydrogens (tertiary/aromatic N) is 1. The van der Waals surface area contributed by atoms with Crippen LogP contribution in [-0.2, 0) is 34.2 Å². The Morgan fingerprint density at radius 3 is 2.52 bits per heavy atom. The molecule has 2 atom stereocenters. The summed E-state index contributed by atoms with van der Waals surface area (Å²) in [6, 6.07) is 13.5. The van der Waals surface area contributed by atoms with E-state index in [1.165, 1.54) is 6.07 Å². The lowest BCUT2D eigenvalue weighted by Gasteiger charge is -2.37. The van der Waals surface area contributed by atoms with Crippen LogP contribution in [-0.4, -0.2) is 43.1 Å². The van der Waals surface area contributed by atoms with E-state index in [2.05, 4.69) is 4.72 Å². The van der Waals surface area contributed by atoms with E-state index < -0.39 is 16.1 Å². The molecule has 1 aliphatic carbocycles. The third-order valence-electron chi connectivity index (χ3n) is 6.04. The van der Waals surface area contributed by atoms with E-state index in [9.17, 15) is 17.6 Å². The van der Waals surface area contributed by atoms with Gasteiger partial charge in [0, 0.05) is 31.6 Å². The minimum atomic E-state index is -3.34. The third kappa shape index (κ3) is 5.31. The zero-order valence-electron chi connectivity index (χ0n) is 17.3. The predicted molar refractivity (Wildman–Crippen MR) is 117 cm³/mol. The van der Waals surface area contributed by atoms with Crippen LogP contribution in [0, 0.1) is 5.82 Å². The van der Waals surface area contributed by atoms with Gasteiger partial charge < -0.3 is 10.6 Å². The lowest BCUT2D eigenvalue weighted by molar-refractivity contribution is -0.135. The van der Waals surface area contributed by atoms with Crippen molar-refractivity contribution in [3.8, 4) is 0 Å². The topological polar surface area (TPSA) is 92.5 Å². The molecule has 166 valence electrons. The molecule has 4 rings (SSSR count). The number of amides is 1. The largest absolute Gasteiger partial charge is 0.334 e. The summed E-state index contributed by atoms with van der Waals surface area (Å²) < 4.78 is 41.2. The van der Waals surface area contributed by atoms with Gasteiger partial charge in [0.1, 0.15) is 5.82 Å². The molecule has 31 heavy (non-hydrogen) atoms. The molecule has 0 bridgehead atoms. The summed E-state index contributed by atoms with van der Waals surface area (Å²) in [7, 11) is -3.34. The highest BCUT2D eigenvalue weighted by Gasteiger charge is 2.37. The van der Waals surface area contributed by atoms with Crippen molar-refractivity contribution in [1.82, 2.24) is 9.62 Å². The lowest BCUT2D eigenvalue weighted by atomic mass is 9.93. The Balaban J connectivity index is 1.45. The molecule has 1 aliphatic heterocycles. The molecule has 0 saturated heterocycles. The first-order valence-electron chi connectivity index (χ1n) is 10.7. The fourth-order valence-electron chi connectivity index (χ4n) is 4.13. The molecular formula is C23H28FN3O3S. The van der Waals surface area contributed by atoms with Crippen LogP contribution in [0.1, 0.15) is 36.0 Å². The Morgan fingerprint density at radius 1 is 1.13 bits per heavy atom. The van der Waals surface area contributed by atoms with E-state index in [-0.39, 0.29) is 42.4 Å². The first-order chi connectivity index (χ1) is 14.8. The average molecular weight is 446 g/mol. The van der Waals surface area contributed by atoms with Crippen LogP contribution in [0.2, 0.25) is 0 Å². The zero-order chi connectivity index (χ0) is 22.0. The molecule has 0 unspecified atom stereocenters. The van der Waals surface area contributed by atoms with E-state index >= 15 is 0 Å². The monoisotopic (exact) mass is 445 g/mol. The molecule has 0 aromatic heterocycles. The molecule has 2 aromatic rings. The van der Waals surface area contributed by atoms with Gasteiger partial charge in [-0.2, -0.15) is 0 Å². The van der Waals surface area contributed by atoms with Crippen LogP contribution in [0.4, 0.5) is 4.39 Å². The number of benzene rings is 2. The second kappa shape index (κ2) is 9.06. The van der Waals surface area contributed by atoms with Crippen molar-refractivity contribution in [2.45, 2.75) is 56.0 Å². The molecule has 6 nitrogen and oxygen atoms in total. The van der Waals surface area contributed by atoms with Gasteiger partial charge in [-0.15, -0.1) is 0 Å². The maximum absolute atomic E-state index is 13.9. The number of halogens is 1. The van der Waals surface area contributed by atoms with Crippen molar-refractivity contribution in [3.63, 3.8) is 0 Å². The third-order valence-corrected chi connectivity index (χ3v) is 7.95. The number of fused-ring (bicyclic) bond motifs is 1. The van der Waals surface area contributed by atoms with Crippen molar-refractivity contribution in [3.05, 3.63) is 71.0 Å². The Hall–Kier alpha value is -2.29. The van der Waals surface area contributed by atoms with Crippen LogP contribution in [0.5, 0.6) is 0 Å². The summed E-state index contributed by atoms with van der Waals surface area (Å²) >= 11 is 0. The molecule has 3 N–H and O–H groups in total. The molecule has 2 aliphatic rings. The Labute approximate surface area is 182 Å². The second-order valence-electron chi connectivity index (χ2n) is 8.50. The van der Waals surface area contributed by atoms with Gasteiger partial charge in [-0.1, -0.05) is 42.5 Å². The highest BCUT2D eigenvalue weighted by molar-refractivity contribution is 7.90. The summed E-state index contributed by atoms with van der Waals surface area (Å²) in [6.45, 7) is 0.596. The molecule has 1 amide bonds. The molecular weight excluding hydrogens is 417 g/mol. The van der Waals surface area contributed by atoms with E-state index in [1.807, 2.05) is 24.3 Å². The van der Waals surface area contributed by atoms with E-state index in [1.54, 1.807) is 23.1 Å². The zero-order valence-corrected chi connectivity index (χ0v) is 18.2. The summed E-state index contributed by atoms with van der Waals surface area (Å²) in [5.74, 6) is -0.473. The van der Waals surface area contributed by atoms with Gasteiger partial charge in [0.2, 0.25) is 15.9 Å². The van der Waals surface area contributed by atoms with Crippen molar-refractivity contribution in [2.75, 3.05) is 6.54 Å². The van der Waals surface area contributed by atoms with E-state index in [4.69, 9.17) is 5.73 Å². The minimum Gasteiger partial charge on any atom is -0.334 e. The van der Waals surface area contributed by atoms with Crippen LogP contribution < -0.4 is 10.5 Å². The van der Waals surface area contributed by atoms with Gasteiger partial charge in [-0.05, 0) is 48.4 Å². The van der Waals surface area contributed by atoms with Gasteiger partial charge in [0.25, 0.3) is 0 Å². The van der Waals surface area contributed by atoms with E-state index in [0.717, 1.165) is 11.1 Å². The Bertz CT molecular complexity index is 1060. The van der Waals surface area contributed by atoms with Crippen LogP contribution in [0.15, 0.2) is 48.5 Å². The highest BCUT2D eigenvalue weighted by atomic mass is 32.2. The van der Waals surface area contributed by atoms with E-state index in [0.29, 0.717) is 31.4 Å². The first kappa shape index (κ1) is 21.9. The smallest absolute Gasteiger partial charge is 0.224 e. The standard InChI is InChI=1S/C23H28FN3O3S/c24-22-8-4-3-6-17(22)11-19(25)13-23(28)27-15-18-7-2-1-5-16(18)12-20(27)14-26-31(29,30)21-9-10-21/h1-8,19-21,26H,9-15,25H2/t19-,20+/m1/s1. The number of hydrogen-bond donors (Lipinski definition) is 2. The second-order valence-corrected chi connectivity index (χ2v) is 10.5. The quantitative estimate of drug-likeness (QED) is 0.651. The molecule has 1 heterocycles. The number of sulfonamides is 1. The first-order valence-corrected chi connectivity index (χ1v) is 12.2. The SMILES string of the molecule is N[C@@H](CC(=O)N1Cc2ccccc2C[C@H]1CNS(=O)(=O)C1CC1)Cc1ccccc1F. The fourth-order valence-corrected chi connectivity index (χ4v) is 5.55. The number of carbonyl (C=O) groups is 1. The molecule has 0 spiro atoms. The number of rotatable bonds is 8. The summed E-state index contributed by atoms with van der Waals surface area (Å²) in [4.78, 5) is 14.9. The van der Waals surface area contributed by atoms with Crippen molar-refractivity contribution >= 4 is 15.9 Å². The van der Waals surface area contributed by atoms with Gasteiger partial charge in [-0.3, -0.25) is 4.79 Å². The Kier molecular flexibility index (Phi) is 6.41. The predicted octanol–water partition coefficient (Wildman–Crippen LogP) is 2.12. The Morgan fingerprint density at radius 2 is 1.81 bits per heavy atom.